The van der Waals surface area contributed by atoms with Crippen LogP contribution in [0.4, 0.5) is 0 Å². The smallest absolute Gasteiger partial charge is 0.120 e. The van der Waals surface area contributed by atoms with Gasteiger partial charge in [0.1, 0.15) is 11.5 Å². The Morgan fingerprint density at radius 3 is 3.00 bits per heavy atom. The van der Waals surface area contributed by atoms with Gasteiger partial charge in [0.2, 0.25) is 0 Å². The zero-order valence-corrected chi connectivity index (χ0v) is 9.45. The van der Waals surface area contributed by atoms with Gasteiger partial charge in [0, 0.05) is 13.2 Å². The highest BCUT2D eigenvalue weighted by atomic mass is 16.5. The molecule has 1 saturated heterocycles. The molecule has 84 valence electrons. The number of hydrogen-bond donors (Lipinski definition) is 1. The Morgan fingerprint density at radius 2 is 2.40 bits per heavy atom. The average molecular weight is 209 g/mol. The Labute approximate surface area is 90.8 Å². The fourth-order valence-electron chi connectivity index (χ4n) is 1.90. The van der Waals surface area contributed by atoms with Crippen molar-refractivity contribution in [3.8, 4) is 0 Å². The lowest BCUT2D eigenvalue weighted by Gasteiger charge is -2.15. The van der Waals surface area contributed by atoms with Gasteiger partial charge in [0.15, 0.2) is 0 Å². The van der Waals surface area contributed by atoms with Gasteiger partial charge in [-0.05, 0) is 38.8 Å². The first-order chi connectivity index (χ1) is 7.25. The third-order valence-corrected chi connectivity index (χ3v) is 2.86. The fraction of sp³-hybridized carbons (Fsp3) is 0.667. The summed E-state index contributed by atoms with van der Waals surface area (Å²) in [6.45, 7) is 5.92. The Bertz CT molecular complexity index is 302. The summed E-state index contributed by atoms with van der Waals surface area (Å²) in [7, 11) is 0. The van der Waals surface area contributed by atoms with Crippen molar-refractivity contribution < 1.29 is 9.15 Å². The molecule has 1 aromatic rings. The SMILES string of the molecule is Cc1ccc([C@@H](C)NC[C@H]2CCCO2)o1. The Balaban J connectivity index is 1.79. The van der Waals surface area contributed by atoms with Gasteiger partial charge < -0.3 is 14.5 Å². The molecule has 0 spiro atoms. The summed E-state index contributed by atoms with van der Waals surface area (Å²) >= 11 is 0. The van der Waals surface area contributed by atoms with Gasteiger partial charge in [0.25, 0.3) is 0 Å². The Kier molecular flexibility index (Phi) is 3.44. The minimum atomic E-state index is 0.267. The second kappa shape index (κ2) is 4.81. The molecule has 15 heavy (non-hydrogen) atoms. The van der Waals surface area contributed by atoms with E-state index < -0.39 is 0 Å². The first-order valence-electron chi connectivity index (χ1n) is 5.67. The van der Waals surface area contributed by atoms with Crippen molar-refractivity contribution in [2.45, 2.75) is 38.8 Å². The van der Waals surface area contributed by atoms with Crippen LogP contribution in [0.15, 0.2) is 16.5 Å². The molecule has 3 nitrogen and oxygen atoms in total. The first-order valence-corrected chi connectivity index (χ1v) is 5.67. The highest BCUT2D eigenvalue weighted by Crippen LogP contribution is 2.17. The van der Waals surface area contributed by atoms with Crippen LogP contribution in [-0.4, -0.2) is 19.3 Å². The van der Waals surface area contributed by atoms with Crippen LogP contribution in [0.25, 0.3) is 0 Å². The molecule has 0 saturated carbocycles. The Hall–Kier alpha value is -0.800. The molecule has 0 aromatic carbocycles. The van der Waals surface area contributed by atoms with E-state index in [0.717, 1.165) is 24.7 Å². The molecule has 1 fully saturated rings. The second-order valence-corrected chi connectivity index (χ2v) is 4.21. The highest BCUT2D eigenvalue weighted by molar-refractivity contribution is 5.08. The molecule has 1 N–H and O–H groups in total. The lowest BCUT2D eigenvalue weighted by atomic mass is 10.2. The maximum Gasteiger partial charge on any atom is 0.120 e. The quantitative estimate of drug-likeness (QED) is 0.827. The Morgan fingerprint density at radius 1 is 1.53 bits per heavy atom. The van der Waals surface area contributed by atoms with Crippen LogP contribution in [0.1, 0.15) is 37.3 Å². The summed E-state index contributed by atoms with van der Waals surface area (Å²) in [5, 5.41) is 3.44. The van der Waals surface area contributed by atoms with Crippen molar-refractivity contribution in [1.82, 2.24) is 5.32 Å². The maximum atomic E-state index is 5.56. The molecule has 0 aliphatic carbocycles. The predicted molar refractivity (Wildman–Crippen MR) is 58.8 cm³/mol. The molecule has 1 aromatic heterocycles. The minimum Gasteiger partial charge on any atom is -0.465 e. The van der Waals surface area contributed by atoms with E-state index in [2.05, 4.69) is 12.2 Å². The molecule has 0 amide bonds. The van der Waals surface area contributed by atoms with Gasteiger partial charge in [-0.1, -0.05) is 0 Å². The molecule has 0 bridgehead atoms. The van der Waals surface area contributed by atoms with Gasteiger partial charge in [0.05, 0.1) is 12.1 Å². The maximum absolute atomic E-state index is 5.56. The zero-order chi connectivity index (χ0) is 10.7. The second-order valence-electron chi connectivity index (χ2n) is 4.21. The third-order valence-electron chi connectivity index (χ3n) is 2.86. The van der Waals surface area contributed by atoms with Gasteiger partial charge in [-0.2, -0.15) is 0 Å². The largest absolute Gasteiger partial charge is 0.465 e. The summed E-state index contributed by atoms with van der Waals surface area (Å²) in [6.07, 6.45) is 2.76. The van der Waals surface area contributed by atoms with E-state index in [0.29, 0.717) is 6.10 Å². The normalized spacial score (nSPS) is 23.2. The summed E-state index contributed by atoms with van der Waals surface area (Å²) in [6, 6.07) is 4.30. The van der Waals surface area contributed by atoms with Crippen LogP contribution in [-0.2, 0) is 4.74 Å². The number of ether oxygens (including phenoxy) is 1. The number of rotatable bonds is 4. The van der Waals surface area contributed by atoms with Crippen molar-refractivity contribution in [3.63, 3.8) is 0 Å². The van der Waals surface area contributed by atoms with Crippen molar-refractivity contribution in [2.75, 3.05) is 13.2 Å². The van der Waals surface area contributed by atoms with Crippen molar-refractivity contribution in [1.29, 1.82) is 0 Å². The van der Waals surface area contributed by atoms with Crippen LogP contribution in [0.5, 0.6) is 0 Å². The molecule has 1 aliphatic heterocycles. The summed E-state index contributed by atoms with van der Waals surface area (Å²) < 4.78 is 11.1. The van der Waals surface area contributed by atoms with E-state index in [1.807, 2.05) is 19.1 Å². The van der Waals surface area contributed by atoms with E-state index in [4.69, 9.17) is 9.15 Å². The highest BCUT2D eigenvalue weighted by Gasteiger charge is 2.17. The molecule has 0 radical (unpaired) electrons. The van der Waals surface area contributed by atoms with Crippen LogP contribution >= 0.6 is 0 Å². The van der Waals surface area contributed by atoms with Crippen LogP contribution in [0, 0.1) is 6.92 Å². The minimum absolute atomic E-state index is 0.267. The van der Waals surface area contributed by atoms with Crippen molar-refractivity contribution >= 4 is 0 Å². The lowest BCUT2D eigenvalue weighted by Crippen LogP contribution is -2.28. The molecule has 3 heteroatoms. The van der Waals surface area contributed by atoms with Crippen LogP contribution in [0.2, 0.25) is 0 Å². The van der Waals surface area contributed by atoms with E-state index in [1.165, 1.54) is 12.8 Å². The van der Waals surface area contributed by atoms with E-state index in [1.54, 1.807) is 0 Å². The number of aryl methyl sites for hydroxylation is 1. The molecule has 1 aliphatic rings. The van der Waals surface area contributed by atoms with Gasteiger partial charge >= 0.3 is 0 Å². The topological polar surface area (TPSA) is 34.4 Å². The number of hydrogen-bond acceptors (Lipinski definition) is 3. The van der Waals surface area contributed by atoms with Crippen LogP contribution < -0.4 is 5.32 Å². The van der Waals surface area contributed by atoms with E-state index >= 15 is 0 Å². The van der Waals surface area contributed by atoms with E-state index in [9.17, 15) is 0 Å². The molecular weight excluding hydrogens is 190 g/mol. The van der Waals surface area contributed by atoms with Gasteiger partial charge in [-0.3, -0.25) is 0 Å². The average Bonchev–Trinajstić information content (AvgIpc) is 2.84. The molecule has 2 heterocycles. The zero-order valence-electron chi connectivity index (χ0n) is 9.45. The summed E-state index contributed by atoms with van der Waals surface area (Å²) in [5.41, 5.74) is 0. The van der Waals surface area contributed by atoms with Gasteiger partial charge in [-0.15, -0.1) is 0 Å². The molecule has 2 rings (SSSR count). The van der Waals surface area contributed by atoms with Gasteiger partial charge in [-0.25, -0.2) is 0 Å². The summed E-state index contributed by atoms with van der Waals surface area (Å²) in [4.78, 5) is 0. The third kappa shape index (κ3) is 2.83. The first kappa shape index (κ1) is 10.7. The number of nitrogens with one attached hydrogen (secondary N) is 1. The fourth-order valence-corrected chi connectivity index (χ4v) is 1.90. The number of furan rings is 1. The molecular formula is C12H19NO2. The molecule has 2 atom stereocenters. The van der Waals surface area contributed by atoms with Crippen molar-refractivity contribution in [2.24, 2.45) is 0 Å². The predicted octanol–water partition coefficient (Wildman–Crippen LogP) is 2.42. The molecule has 0 unspecified atom stereocenters. The lowest BCUT2D eigenvalue weighted by molar-refractivity contribution is 0.107. The summed E-state index contributed by atoms with van der Waals surface area (Å²) in [5.74, 6) is 1.97. The van der Waals surface area contributed by atoms with E-state index in [-0.39, 0.29) is 6.04 Å². The van der Waals surface area contributed by atoms with Crippen molar-refractivity contribution in [3.05, 3.63) is 23.7 Å². The standard InChI is InChI=1S/C12H19NO2/c1-9-5-6-12(15-9)10(2)13-8-11-4-3-7-14-11/h5-6,10-11,13H,3-4,7-8H2,1-2H3/t10-,11-/m1/s1. The monoisotopic (exact) mass is 209 g/mol. The van der Waals surface area contributed by atoms with Crippen LogP contribution in [0.3, 0.4) is 0 Å².